The van der Waals surface area contributed by atoms with Gasteiger partial charge in [-0.2, -0.15) is 0 Å². The van der Waals surface area contributed by atoms with Gasteiger partial charge in [-0.3, -0.25) is 4.79 Å². The Morgan fingerprint density at radius 2 is 1.88 bits per heavy atom. The second-order valence-electron chi connectivity index (χ2n) is 5.42. The van der Waals surface area contributed by atoms with Crippen molar-refractivity contribution in [3.8, 4) is 5.75 Å². The van der Waals surface area contributed by atoms with E-state index in [2.05, 4.69) is 5.32 Å². The number of halogens is 1. The number of hydrogen-bond acceptors (Lipinski definition) is 4. The number of carbonyl (C=O) groups is 1. The molecule has 25 heavy (non-hydrogen) atoms. The van der Waals surface area contributed by atoms with Crippen LogP contribution in [0.5, 0.6) is 5.75 Å². The van der Waals surface area contributed by atoms with Crippen molar-refractivity contribution >= 4 is 33.2 Å². The van der Waals surface area contributed by atoms with E-state index in [1.807, 2.05) is 0 Å². The molecule has 8 heteroatoms. The van der Waals surface area contributed by atoms with Gasteiger partial charge in [-0.05, 0) is 36.4 Å². The molecule has 1 N–H and O–H groups in total. The van der Waals surface area contributed by atoms with Gasteiger partial charge < -0.3 is 10.1 Å². The van der Waals surface area contributed by atoms with Crippen molar-refractivity contribution in [3.05, 3.63) is 53.6 Å². The molecule has 134 valence electrons. The molecule has 0 unspecified atom stereocenters. The second-order valence-corrected chi connectivity index (χ2v) is 8.01. The van der Waals surface area contributed by atoms with Crippen LogP contribution >= 0.6 is 11.6 Å². The van der Waals surface area contributed by atoms with Crippen molar-refractivity contribution in [1.29, 1.82) is 0 Å². The first-order chi connectivity index (χ1) is 11.8. The maximum atomic E-state index is 12.1. The first-order valence-corrected chi connectivity index (χ1v) is 9.31. The minimum absolute atomic E-state index is 0.116. The normalized spacial score (nSPS) is 11.4. The van der Waals surface area contributed by atoms with Crippen LogP contribution in [0.25, 0.3) is 0 Å². The number of hydrogen-bond donors (Lipinski definition) is 1. The lowest BCUT2D eigenvalue weighted by Gasteiger charge is -2.13. The summed E-state index contributed by atoms with van der Waals surface area (Å²) in [5.74, 6) is 0.306. The largest absolute Gasteiger partial charge is 0.493 e. The molecule has 0 radical (unpaired) electrons. The maximum absolute atomic E-state index is 12.1. The van der Waals surface area contributed by atoms with E-state index in [4.69, 9.17) is 16.3 Å². The molecule has 2 aromatic rings. The highest BCUT2D eigenvalue weighted by Crippen LogP contribution is 2.19. The van der Waals surface area contributed by atoms with Crippen molar-refractivity contribution in [2.24, 2.45) is 0 Å². The topological polar surface area (TPSA) is 75.7 Å². The van der Waals surface area contributed by atoms with Gasteiger partial charge in [0.25, 0.3) is 0 Å². The fraction of sp³-hybridized carbons (Fsp3) is 0.235. The van der Waals surface area contributed by atoms with Crippen LogP contribution in [-0.4, -0.2) is 39.3 Å². The van der Waals surface area contributed by atoms with E-state index in [0.717, 1.165) is 4.31 Å². The summed E-state index contributed by atoms with van der Waals surface area (Å²) in [6.45, 7) is 0.182. The number of amides is 1. The molecule has 0 aliphatic heterocycles. The quantitative estimate of drug-likeness (QED) is 0.798. The van der Waals surface area contributed by atoms with Gasteiger partial charge in [-0.15, -0.1) is 0 Å². The average molecular weight is 383 g/mol. The molecule has 0 bridgehead atoms. The predicted octanol–water partition coefficient (Wildman–Crippen LogP) is 3.00. The summed E-state index contributed by atoms with van der Waals surface area (Å²) in [5, 5.41) is 3.22. The SMILES string of the molecule is CN(C)S(=O)(=O)c1cccc(NC(=O)CCOc2cccc(Cl)c2)c1. The zero-order valence-corrected chi connectivity index (χ0v) is 15.5. The Bertz CT molecular complexity index is 853. The summed E-state index contributed by atoms with van der Waals surface area (Å²) in [7, 11) is -0.643. The summed E-state index contributed by atoms with van der Waals surface area (Å²) in [6, 6.07) is 13.0. The van der Waals surface area contributed by atoms with Crippen LogP contribution in [0.2, 0.25) is 5.02 Å². The molecular formula is C17H19ClN2O4S. The summed E-state index contributed by atoms with van der Waals surface area (Å²) in [4.78, 5) is 12.1. The second kappa shape index (κ2) is 8.33. The smallest absolute Gasteiger partial charge is 0.242 e. The molecule has 0 aliphatic carbocycles. The van der Waals surface area contributed by atoms with Gasteiger partial charge in [-0.1, -0.05) is 23.7 Å². The van der Waals surface area contributed by atoms with Crippen LogP contribution in [0.3, 0.4) is 0 Å². The maximum Gasteiger partial charge on any atom is 0.242 e. The molecule has 2 aromatic carbocycles. The molecule has 0 aromatic heterocycles. The van der Waals surface area contributed by atoms with Gasteiger partial charge in [-0.25, -0.2) is 12.7 Å². The molecule has 0 saturated heterocycles. The van der Waals surface area contributed by atoms with Gasteiger partial charge in [0.15, 0.2) is 0 Å². The van der Waals surface area contributed by atoms with Crippen LogP contribution in [0, 0.1) is 0 Å². The minimum Gasteiger partial charge on any atom is -0.493 e. The minimum atomic E-state index is -3.55. The Morgan fingerprint density at radius 1 is 1.16 bits per heavy atom. The number of benzene rings is 2. The van der Waals surface area contributed by atoms with E-state index in [1.165, 1.54) is 26.2 Å². The predicted molar refractivity (Wildman–Crippen MR) is 97.5 cm³/mol. The lowest BCUT2D eigenvalue weighted by molar-refractivity contribution is -0.116. The van der Waals surface area contributed by atoms with E-state index < -0.39 is 10.0 Å². The zero-order valence-electron chi connectivity index (χ0n) is 13.9. The third-order valence-corrected chi connectivity index (χ3v) is 5.34. The molecule has 0 atom stereocenters. The van der Waals surface area contributed by atoms with Crippen molar-refractivity contribution in [2.45, 2.75) is 11.3 Å². The van der Waals surface area contributed by atoms with Crippen molar-refractivity contribution in [2.75, 3.05) is 26.0 Å². The highest BCUT2D eigenvalue weighted by Gasteiger charge is 2.17. The average Bonchev–Trinajstić information content (AvgIpc) is 2.55. The Kier molecular flexibility index (Phi) is 6.41. The lowest BCUT2D eigenvalue weighted by atomic mass is 10.3. The number of rotatable bonds is 7. The third-order valence-electron chi connectivity index (χ3n) is 3.29. The monoisotopic (exact) mass is 382 g/mol. The van der Waals surface area contributed by atoms with Crippen molar-refractivity contribution < 1.29 is 17.9 Å². The third kappa shape index (κ3) is 5.45. The number of anilines is 1. The molecule has 0 spiro atoms. The van der Waals surface area contributed by atoms with Crippen LogP contribution < -0.4 is 10.1 Å². The van der Waals surface area contributed by atoms with E-state index in [0.29, 0.717) is 16.5 Å². The Balaban J connectivity index is 1.92. The fourth-order valence-electron chi connectivity index (χ4n) is 1.99. The summed E-state index contributed by atoms with van der Waals surface area (Å²) < 4.78 is 30.8. The van der Waals surface area contributed by atoms with Gasteiger partial charge >= 0.3 is 0 Å². The summed E-state index contributed by atoms with van der Waals surface area (Å²) in [6.07, 6.45) is 0.122. The first-order valence-electron chi connectivity index (χ1n) is 7.50. The molecule has 6 nitrogen and oxygen atoms in total. The van der Waals surface area contributed by atoms with E-state index >= 15 is 0 Å². The summed E-state index contributed by atoms with van der Waals surface area (Å²) in [5.41, 5.74) is 0.413. The van der Waals surface area contributed by atoms with Crippen LogP contribution in [0.1, 0.15) is 6.42 Å². The molecular weight excluding hydrogens is 364 g/mol. The van der Waals surface area contributed by atoms with Crippen LogP contribution in [0.15, 0.2) is 53.4 Å². The number of nitrogens with zero attached hydrogens (tertiary/aromatic N) is 1. The van der Waals surface area contributed by atoms with Gasteiger partial charge in [0.2, 0.25) is 15.9 Å². The van der Waals surface area contributed by atoms with Gasteiger partial charge in [0.05, 0.1) is 17.9 Å². The highest BCUT2D eigenvalue weighted by atomic mass is 35.5. The van der Waals surface area contributed by atoms with Crippen LogP contribution in [-0.2, 0) is 14.8 Å². The van der Waals surface area contributed by atoms with E-state index in [-0.39, 0.29) is 23.8 Å². The Labute approximate surface area is 152 Å². The van der Waals surface area contributed by atoms with Crippen molar-refractivity contribution in [1.82, 2.24) is 4.31 Å². The standard InChI is InChI=1S/C17H19ClN2O4S/c1-20(2)25(22,23)16-8-4-6-14(12-16)19-17(21)9-10-24-15-7-3-5-13(18)11-15/h3-8,11-12H,9-10H2,1-2H3,(H,19,21). The van der Waals surface area contributed by atoms with Gasteiger partial charge in [0.1, 0.15) is 5.75 Å². The van der Waals surface area contributed by atoms with E-state index in [1.54, 1.807) is 36.4 Å². The number of ether oxygens (including phenoxy) is 1. The van der Waals surface area contributed by atoms with Crippen LogP contribution in [0.4, 0.5) is 5.69 Å². The number of nitrogens with one attached hydrogen (secondary N) is 1. The van der Waals surface area contributed by atoms with E-state index in [9.17, 15) is 13.2 Å². The fourth-order valence-corrected chi connectivity index (χ4v) is 3.12. The molecule has 0 aliphatic rings. The number of sulfonamides is 1. The molecule has 0 fully saturated rings. The molecule has 0 heterocycles. The molecule has 2 rings (SSSR count). The Hall–Kier alpha value is -2.09. The highest BCUT2D eigenvalue weighted by molar-refractivity contribution is 7.89. The Morgan fingerprint density at radius 3 is 2.56 bits per heavy atom. The van der Waals surface area contributed by atoms with Crippen molar-refractivity contribution in [3.63, 3.8) is 0 Å². The lowest BCUT2D eigenvalue weighted by Crippen LogP contribution is -2.22. The zero-order chi connectivity index (χ0) is 18.4. The molecule has 1 amide bonds. The number of carbonyl (C=O) groups excluding carboxylic acids is 1. The first kappa shape index (κ1) is 19.2. The van der Waals surface area contributed by atoms with Gasteiger partial charge in [0, 0.05) is 24.8 Å². The summed E-state index contributed by atoms with van der Waals surface area (Å²) >= 11 is 5.86. The molecule has 0 saturated carbocycles.